The number of rotatable bonds is 6. The van der Waals surface area contributed by atoms with E-state index in [9.17, 15) is 18.0 Å². The maximum Gasteiger partial charge on any atom is 0.417 e. The second-order valence-corrected chi connectivity index (χ2v) is 6.91. The largest absolute Gasteiger partial charge is 0.494 e. The van der Waals surface area contributed by atoms with E-state index >= 15 is 0 Å². The summed E-state index contributed by atoms with van der Waals surface area (Å²) in [6.45, 7) is 4.75. The van der Waals surface area contributed by atoms with E-state index in [4.69, 9.17) is 4.74 Å². The molecule has 8 heteroatoms. The van der Waals surface area contributed by atoms with E-state index in [2.05, 4.69) is 11.9 Å². The van der Waals surface area contributed by atoms with Gasteiger partial charge in [-0.15, -0.1) is 0 Å². The molecule has 3 rings (SSSR count). The minimum absolute atomic E-state index is 0.0647. The van der Waals surface area contributed by atoms with Gasteiger partial charge in [-0.1, -0.05) is 13.3 Å². The number of anilines is 1. The topological polar surface area (TPSA) is 45.7 Å². The summed E-state index contributed by atoms with van der Waals surface area (Å²) in [5.41, 5.74) is -0.175. The summed E-state index contributed by atoms with van der Waals surface area (Å²) in [5, 5.41) is 0. The van der Waals surface area contributed by atoms with Crippen LogP contribution in [0, 0.1) is 0 Å². The molecule has 0 N–H and O–H groups in total. The van der Waals surface area contributed by atoms with Gasteiger partial charge in [-0.3, -0.25) is 4.79 Å². The van der Waals surface area contributed by atoms with Crippen LogP contribution in [0.2, 0.25) is 0 Å². The molecule has 0 aliphatic carbocycles. The average molecular weight is 407 g/mol. The number of alkyl halides is 3. The van der Waals surface area contributed by atoms with Crippen molar-refractivity contribution < 1.29 is 22.7 Å². The summed E-state index contributed by atoms with van der Waals surface area (Å²) in [6.07, 6.45) is -1.51. The molecule has 2 heterocycles. The van der Waals surface area contributed by atoms with E-state index in [1.807, 2.05) is 4.90 Å². The highest BCUT2D eigenvalue weighted by Gasteiger charge is 2.31. The third-order valence-electron chi connectivity index (χ3n) is 4.83. The van der Waals surface area contributed by atoms with Crippen LogP contribution in [0.3, 0.4) is 0 Å². The van der Waals surface area contributed by atoms with Crippen molar-refractivity contribution in [2.75, 3.05) is 37.7 Å². The molecule has 1 aromatic carbocycles. The number of hydrogen-bond acceptors (Lipinski definition) is 4. The molecule has 0 unspecified atom stereocenters. The fourth-order valence-electron chi connectivity index (χ4n) is 3.09. The van der Waals surface area contributed by atoms with Crippen molar-refractivity contribution >= 4 is 11.7 Å². The third-order valence-corrected chi connectivity index (χ3v) is 4.83. The lowest BCUT2D eigenvalue weighted by molar-refractivity contribution is -0.137. The Morgan fingerprint density at radius 2 is 1.76 bits per heavy atom. The molecule has 156 valence electrons. The number of nitrogens with zero attached hydrogens (tertiary/aromatic N) is 3. The van der Waals surface area contributed by atoms with E-state index in [0.29, 0.717) is 44.2 Å². The highest BCUT2D eigenvalue weighted by molar-refractivity contribution is 5.94. The second kappa shape index (κ2) is 9.15. The predicted molar refractivity (Wildman–Crippen MR) is 104 cm³/mol. The number of aromatic nitrogens is 1. The molecule has 0 radical (unpaired) electrons. The van der Waals surface area contributed by atoms with Gasteiger partial charge in [0.25, 0.3) is 5.91 Å². The van der Waals surface area contributed by atoms with Crippen LogP contribution in [-0.4, -0.2) is 48.6 Å². The number of ether oxygens (including phenoxy) is 1. The Bertz CT molecular complexity index is 799. The molecule has 1 fully saturated rings. The molecule has 0 spiro atoms. The Labute approximate surface area is 168 Å². The lowest BCUT2D eigenvalue weighted by Crippen LogP contribution is -2.49. The zero-order valence-electron chi connectivity index (χ0n) is 16.3. The van der Waals surface area contributed by atoms with Crippen molar-refractivity contribution in [3.63, 3.8) is 0 Å². The van der Waals surface area contributed by atoms with E-state index in [1.165, 1.54) is 6.07 Å². The third kappa shape index (κ3) is 5.40. The summed E-state index contributed by atoms with van der Waals surface area (Å²) in [7, 11) is 0. The van der Waals surface area contributed by atoms with Gasteiger partial charge in [0.15, 0.2) is 0 Å². The van der Waals surface area contributed by atoms with Crippen LogP contribution in [0.25, 0.3) is 0 Å². The second-order valence-electron chi connectivity index (χ2n) is 6.91. The minimum atomic E-state index is -4.40. The number of amides is 1. The summed E-state index contributed by atoms with van der Waals surface area (Å²) < 4.78 is 43.6. The fraction of sp³-hybridized carbons (Fsp3) is 0.429. The molecule has 0 bridgehead atoms. The van der Waals surface area contributed by atoms with Crippen molar-refractivity contribution in [3.8, 4) is 5.75 Å². The summed E-state index contributed by atoms with van der Waals surface area (Å²) in [5.74, 6) is 1.16. The molecule has 1 amide bonds. The van der Waals surface area contributed by atoms with E-state index < -0.39 is 11.7 Å². The Balaban J connectivity index is 1.54. The molecular weight excluding hydrogens is 383 g/mol. The number of piperazine rings is 1. The first kappa shape index (κ1) is 21.0. The summed E-state index contributed by atoms with van der Waals surface area (Å²) in [4.78, 5) is 20.2. The maximum absolute atomic E-state index is 12.7. The van der Waals surface area contributed by atoms with Crippen LogP contribution < -0.4 is 9.64 Å². The number of halogens is 3. The van der Waals surface area contributed by atoms with Crippen LogP contribution in [0.5, 0.6) is 5.75 Å². The molecule has 1 aliphatic heterocycles. The van der Waals surface area contributed by atoms with Crippen molar-refractivity contribution in [1.82, 2.24) is 9.88 Å². The molecule has 5 nitrogen and oxygen atoms in total. The lowest BCUT2D eigenvalue weighted by Gasteiger charge is -2.35. The number of benzene rings is 1. The van der Waals surface area contributed by atoms with Gasteiger partial charge in [0.05, 0.1) is 12.2 Å². The minimum Gasteiger partial charge on any atom is -0.494 e. The molecule has 1 aliphatic rings. The average Bonchev–Trinajstić information content (AvgIpc) is 2.73. The van der Waals surface area contributed by atoms with Crippen LogP contribution in [-0.2, 0) is 6.18 Å². The maximum atomic E-state index is 12.7. The first-order valence-electron chi connectivity index (χ1n) is 9.69. The molecule has 2 aromatic rings. The molecule has 0 atom stereocenters. The van der Waals surface area contributed by atoms with Crippen LogP contribution >= 0.6 is 0 Å². The number of hydrogen-bond donors (Lipinski definition) is 0. The first-order chi connectivity index (χ1) is 13.9. The van der Waals surface area contributed by atoms with Gasteiger partial charge in [-0.05, 0) is 42.8 Å². The SMILES string of the molecule is CCCCOc1ccc(C(=O)N2CCN(c3ccc(C(F)(F)F)cn3)CC2)cc1. The molecule has 0 saturated carbocycles. The number of carbonyl (C=O) groups is 1. The van der Waals surface area contributed by atoms with E-state index in [0.717, 1.165) is 30.9 Å². The van der Waals surface area contributed by atoms with E-state index in [-0.39, 0.29) is 5.91 Å². The van der Waals surface area contributed by atoms with E-state index in [1.54, 1.807) is 29.2 Å². The van der Waals surface area contributed by atoms with Gasteiger partial charge in [-0.25, -0.2) is 4.98 Å². The molecule has 1 saturated heterocycles. The van der Waals surface area contributed by atoms with Crippen molar-refractivity contribution in [3.05, 3.63) is 53.7 Å². The van der Waals surface area contributed by atoms with Gasteiger partial charge < -0.3 is 14.5 Å². The monoisotopic (exact) mass is 407 g/mol. The van der Waals surface area contributed by atoms with Crippen LogP contribution in [0.4, 0.5) is 19.0 Å². The lowest BCUT2D eigenvalue weighted by atomic mass is 10.1. The van der Waals surface area contributed by atoms with Crippen LogP contribution in [0.1, 0.15) is 35.7 Å². The van der Waals surface area contributed by atoms with Gasteiger partial charge in [0.1, 0.15) is 11.6 Å². The summed E-state index contributed by atoms with van der Waals surface area (Å²) in [6, 6.07) is 9.51. The predicted octanol–water partition coefficient (Wildman–Crippen LogP) is 4.24. The smallest absolute Gasteiger partial charge is 0.417 e. The quantitative estimate of drug-likeness (QED) is 0.672. The number of unbranched alkanes of at least 4 members (excludes halogenated alkanes) is 1. The Kier molecular flexibility index (Phi) is 6.61. The number of pyridine rings is 1. The number of carbonyl (C=O) groups excluding carboxylic acids is 1. The zero-order chi connectivity index (χ0) is 20.9. The van der Waals surface area contributed by atoms with Gasteiger partial charge >= 0.3 is 6.18 Å². The molecular formula is C21H24F3N3O2. The fourth-order valence-corrected chi connectivity index (χ4v) is 3.09. The Morgan fingerprint density at radius 1 is 1.07 bits per heavy atom. The standard InChI is InChI=1S/C21H24F3N3O2/c1-2-3-14-29-18-7-4-16(5-8-18)20(28)27-12-10-26(11-13-27)19-9-6-17(15-25-19)21(22,23)24/h4-9,15H,2-3,10-14H2,1H3. The zero-order valence-corrected chi connectivity index (χ0v) is 16.3. The van der Waals surface area contributed by atoms with Crippen molar-refractivity contribution in [2.24, 2.45) is 0 Å². The molecule has 1 aromatic heterocycles. The Hall–Kier alpha value is -2.77. The van der Waals surface area contributed by atoms with Crippen molar-refractivity contribution in [2.45, 2.75) is 25.9 Å². The van der Waals surface area contributed by atoms with Crippen molar-refractivity contribution in [1.29, 1.82) is 0 Å². The Morgan fingerprint density at radius 3 is 2.31 bits per heavy atom. The highest BCUT2D eigenvalue weighted by atomic mass is 19.4. The van der Waals surface area contributed by atoms with Gasteiger partial charge in [0.2, 0.25) is 0 Å². The highest BCUT2D eigenvalue weighted by Crippen LogP contribution is 2.29. The summed E-state index contributed by atoms with van der Waals surface area (Å²) >= 11 is 0. The first-order valence-corrected chi connectivity index (χ1v) is 9.69. The molecule has 29 heavy (non-hydrogen) atoms. The normalized spacial score (nSPS) is 14.8. The van der Waals surface area contributed by atoms with Gasteiger partial charge in [-0.2, -0.15) is 13.2 Å². The van der Waals surface area contributed by atoms with Crippen LogP contribution in [0.15, 0.2) is 42.6 Å². The van der Waals surface area contributed by atoms with Gasteiger partial charge in [0, 0.05) is 37.9 Å².